The number of benzene rings is 1. The van der Waals surface area contributed by atoms with Crippen molar-refractivity contribution < 1.29 is 9.53 Å². The maximum absolute atomic E-state index is 11.7. The van der Waals surface area contributed by atoms with Crippen LogP contribution in [0.15, 0.2) is 12.1 Å². The predicted octanol–water partition coefficient (Wildman–Crippen LogP) is 2.27. The lowest BCUT2D eigenvalue weighted by molar-refractivity contribution is -0.123. The Morgan fingerprint density at radius 1 is 1.28 bits per heavy atom. The summed E-state index contributed by atoms with van der Waals surface area (Å²) >= 11 is 0. The summed E-state index contributed by atoms with van der Waals surface area (Å²) in [5, 5.41) is 0. The molecule has 0 amide bonds. The molecule has 0 bridgehead atoms. The Bertz CT molecular complexity index is 496. The van der Waals surface area contributed by atoms with Crippen molar-refractivity contribution in [1.29, 1.82) is 0 Å². The fourth-order valence-corrected chi connectivity index (χ4v) is 3.22. The molecule has 0 aromatic heterocycles. The summed E-state index contributed by atoms with van der Waals surface area (Å²) in [7, 11) is 1.71. The summed E-state index contributed by atoms with van der Waals surface area (Å²) < 4.78 is 5.41. The van der Waals surface area contributed by atoms with E-state index in [-0.39, 0.29) is 6.04 Å². The first-order chi connectivity index (χ1) is 8.69. The third-order valence-corrected chi connectivity index (χ3v) is 4.22. The molecule has 2 heterocycles. The van der Waals surface area contributed by atoms with Gasteiger partial charge in [-0.05, 0) is 36.1 Å². The first-order valence-electron chi connectivity index (χ1n) is 6.62. The minimum absolute atomic E-state index is 0.282. The van der Waals surface area contributed by atoms with Crippen LogP contribution in [0.5, 0.6) is 5.75 Å². The maximum atomic E-state index is 11.7. The van der Waals surface area contributed by atoms with Gasteiger partial charge in [-0.25, -0.2) is 0 Å². The van der Waals surface area contributed by atoms with E-state index in [0.29, 0.717) is 12.2 Å². The molecule has 0 spiro atoms. The van der Waals surface area contributed by atoms with Crippen LogP contribution in [0.25, 0.3) is 0 Å². The van der Waals surface area contributed by atoms with Gasteiger partial charge in [0, 0.05) is 32.0 Å². The molecular formula is C15H19NO2. The zero-order chi connectivity index (χ0) is 12.7. The normalized spacial score (nSPS) is 23.4. The number of piperidine rings is 1. The number of carbonyl (C=O) groups excluding carboxylic acids is 1. The van der Waals surface area contributed by atoms with Gasteiger partial charge in [-0.15, -0.1) is 0 Å². The number of methoxy groups -OCH3 is 1. The molecule has 0 saturated carbocycles. The smallest absolute Gasteiger partial charge is 0.136 e. The monoisotopic (exact) mass is 245 g/mol. The highest BCUT2D eigenvalue weighted by Gasteiger charge is 2.33. The Balaban J connectivity index is 2.03. The molecule has 3 rings (SSSR count). The molecule has 1 aromatic rings. The van der Waals surface area contributed by atoms with E-state index in [0.717, 1.165) is 31.7 Å². The number of carbonyl (C=O) groups is 1. The molecule has 0 N–H and O–H groups in total. The summed E-state index contributed by atoms with van der Waals surface area (Å²) in [6.45, 7) is 4.08. The molecule has 2 aliphatic rings. The Hall–Kier alpha value is -1.35. The average Bonchev–Trinajstić information content (AvgIpc) is 2.37. The van der Waals surface area contributed by atoms with Gasteiger partial charge in [0.1, 0.15) is 11.5 Å². The van der Waals surface area contributed by atoms with E-state index in [9.17, 15) is 4.79 Å². The molecule has 1 unspecified atom stereocenters. The highest BCUT2D eigenvalue weighted by Crippen LogP contribution is 2.38. The largest absolute Gasteiger partial charge is 0.496 e. The number of Topliss-reactive ketones (excluding diaryl/α,β-unsaturated/α-hetero) is 1. The van der Waals surface area contributed by atoms with Gasteiger partial charge < -0.3 is 4.74 Å². The summed E-state index contributed by atoms with van der Waals surface area (Å²) in [6.07, 6.45) is 2.47. The van der Waals surface area contributed by atoms with E-state index in [4.69, 9.17) is 4.74 Å². The number of ether oxygens (including phenoxy) is 1. The van der Waals surface area contributed by atoms with Crippen molar-refractivity contribution in [3.8, 4) is 5.75 Å². The number of hydrogen-bond donors (Lipinski definition) is 0. The molecule has 3 nitrogen and oxygen atoms in total. The van der Waals surface area contributed by atoms with E-state index >= 15 is 0 Å². The molecule has 2 aliphatic heterocycles. The van der Waals surface area contributed by atoms with Crippen LogP contribution in [0.3, 0.4) is 0 Å². The molecule has 1 saturated heterocycles. The minimum atomic E-state index is 0.282. The lowest BCUT2D eigenvalue weighted by Crippen LogP contribution is -2.41. The van der Waals surface area contributed by atoms with Gasteiger partial charge in [-0.3, -0.25) is 9.69 Å². The van der Waals surface area contributed by atoms with Crippen molar-refractivity contribution >= 4 is 5.78 Å². The van der Waals surface area contributed by atoms with E-state index in [1.807, 2.05) is 0 Å². The van der Waals surface area contributed by atoms with Crippen molar-refractivity contribution in [1.82, 2.24) is 4.90 Å². The summed E-state index contributed by atoms with van der Waals surface area (Å²) in [6, 6.07) is 4.65. The van der Waals surface area contributed by atoms with Gasteiger partial charge in [0.15, 0.2) is 0 Å². The van der Waals surface area contributed by atoms with Crippen molar-refractivity contribution in [3.05, 3.63) is 28.8 Å². The number of ketones is 1. The van der Waals surface area contributed by atoms with Crippen LogP contribution in [0.2, 0.25) is 0 Å². The van der Waals surface area contributed by atoms with E-state index in [1.165, 1.54) is 16.7 Å². The van der Waals surface area contributed by atoms with Crippen LogP contribution in [-0.4, -0.2) is 30.9 Å². The third-order valence-electron chi connectivity index (χ3n) is 4.22. The minimum Gasteiger partial charge on any atom is -0.496 e. The molecule has 1 fully saturated rings. The van der Waals surface area contributed by atoms with E-state index in [1.54, 1.807) is 7.11 Å². The van der Waals surface area contributed by atoms with Crippen molar-refractivity contribution in [3.63, 3.8) is 0 Å². The van der Waals surface area contributed by atoms with Crippen LogP contribution < -0.4 is 4.74 Å². The fraction of sp³-hybridized carbons (Fsp3) is 0.533. The lowest BCUT2D eigenvalue weighted by atomic mass is 9.85. The molecular weight excluding hydrogens is 226 g/mol. The van der Waals surface area contributed by atoms with Gasteiger partial charge in [0.25, 0.3) is 0 Å². The Kier molecular flexibility index (Phi) is 2.86. The van der Waals surface area contributed by atoms with Crippen LogP contribution in [0, 0.1) is 6.92 Å². The third kappa shape index (κ3) is 1.83. The first-order valence-corrected chi connectivity index (χ1v) is 6.62. The lowest BCUT2D eigenvalue weighted by Gasteiger charge is -2.40. The van der Waals surface area contributed by atoms with Crippen molar-refractivity contribution in [2.45, 2.75) is 32.2 Å². The first kappa shape index (κ1) is 11.7. The van der Waals surface area contributed by atoms with E-state index < -0.39 is 0 Å². The molecule has 3 heteroatoms. The van der Waals surface area contributed by atoms with Crippen LogP contribution in [0.4, 0.5) is 0 Å². The molecule has 96 valence electrons. The SMILES string of the molecule is COc1cc2c(cc1C)CCN1CCC(=O)CC21. The predicted molar refractivity (Wildman–Crippen MR) is 70.0 cm³/mol. The van der Waals surface area contributed by atoms with Crippen molar-refractivity contribution in [2.75, 3.05) is 20.2 Å². The van der Waals surface area contributed by atoms with Crippen LogP contribution in [0.1, 0.15) is 35.6 Å². The van der Waals surface area contributed by atoms with Crippen LogP contribution >= 0.6 is 0 Å². The van der Waals surface area contributed by atoms with Gasteiger partial charge >= 0.3 is 0 Å². The molecule has 1 aromatic carbocycles. The Morgan fingerprint density at radius 3 is 2.83 bits per heavy atom. The Morgan fingerprint density at radius 2 is 2.06 bits per heavy atom. The van der Waals surface area contributed by atoms with Gasteiger partial charge in [-0.1, -0.05) is 6.07 Å². The summed E-state index contributed by atoms with van der Waals surface area (Å²) in [4.78, 5) is 14.1. The average molecular weight is 245 g/mol. The zero-order valence-corrected chi connectivity index (χ0v) is 11.0. The number of rotatable bonds is 1. The quantitative estimate of drug-likeness (QED) is 0.760. The summed E-state index contributed by atoms with van der Waals surface area (Å²) in [5.41, 5.74) is 3.88. The molecule has 1 atom stereocenters. The second-order valence-corrected chi connectivity index (χ2v) is 5.32. The second kappa shape index (κ2) is 4.39. The maximum Gasteiger partial charge on any atom is 0.136 e. The number of fused-ring (bicyclic) bond motifs is 3. The fourth-order valence-electron chi connectivity index (χ4n) is 3.22. The van der Waals surface area contributed by atoms with E-state index in [2.05, 4.69) is 24.0 Å². The molecule has 0 radical (unpaired) electrons. The van der Waals surface area contributed by atoms with Gasteiger partial charge in [0.2, 0.25) is 0 Å². The zero-order valence-electron chi connectivity index (χ0n) is 11.0. The van der Waals surface area contributed by atoms with Crippen molar-refractivity contribution in [2.24, 2.45) is 0 Å². The van der Waals surface area contributed by atoms with Gasteiger partial charge in [-0.2, -0.15) is 0 Å². The number of hydrogen-bond acceptors (Lipinski definition) is 3. The highest BCUT2D eigenvalue weighted by molar-refractivity contribution is 5.80. The topological polar surface area (TPSA) is 29.5 Å². The molecule has 18 heavy (non-hydrogen) atoms. The second-order valence-electron chi connectivity index (χ2n) is 5.32. The van der Waals surface area contributed by atoms with Crippen LogP contribution in [-0.2, 0) is 11.2 Å². The number of aryl methyl sites for hydroxylation is 1. The highest BCUT2D eigenvalue weighted by atomic mass is 16.5. The standard InChI is InChI=1S/C15H19NO2/c1-10-7-11-3-5-16-6-4-12(17)8-14(16)13(11)9-15(10)18-2/h7,9,14H,3-6,8H2,1-2H3. The number of nitrogens with zero attached hydrogens (tertiary/aromatic N) is 1. The Labute approximate surface area is 108 Å². The van der Waals surface area contributed by atoms with Gasteiger partial charge in [0.05, 0.1) is 7.11 Å². The molecule has 0 aliphatic carbocycles. The summed E-state index contributed by atoms with van der Waals surface area (Å²) in [5.74, 6) is 1.33.